The lowest BCUT2D eigenvalue weighted by Gasteiger charge is -2.44. The van der Waals surface area contributed by atoms with Gasteiger partial charge in [-0.05, 0) is 60.6 Å². The van der Waals surface area contributed by atoms with Gasteiger partial charge in [-0.1, -0.05) is 48.8 Å². The van der Waals surface area contributed by atoms with Gasteiger partial charge in [-0.15, -0.1) is 0 Å². The molecule has 0 amide bonds. The summed E-state index contributed by atoms with van der Waals surface area (Å²) in [6.45, 7) is 9.73. The second kappa shape index (κ2) is 4.84. The molecule has 0 spiro atoms. The molecule has 0 aromatic heterocycles. The molecule has 1 aromatic rings. The molecule has 2 bridgehead atoms. The minimum absolute atomic E-state index is 0.420. The Labute approximate surface area is 131 Å². The van der Waals surface area contributed by atoms with Crippen molar-refractivity contribution in [1.29, 1.82) is 0 Å². The third kappa shape index (κ3) is 2.25. The molecule has 2 aliphatic carbocycles. The van der Waals surface area contributed by atoms with Crippen molar-refractivity contribution < 1.29 is 0 Å². The zero-order valence-corrected chi connectivity index (χ0v) is 14.6. The fourth-order valence-electron chi connectivity index (χ4n) is 4.82. The molecule has 1 aromatic carbocycles. The lowest BCUT2D eigenvalue weighted by Crippen LogP contribution is -2.50. The molecule has 2 aliphatic rings. The largest absolute Gasteiger partial charge is 0.306 e. The third-order valence-corrected chi connectivity index (χ3v) is 6.59. The Bertz CT molecular complexity index is 488. The lowest BCUT2D eigenvalue weighted by atomic mass is 9.68. The van der Waals surface area contributed by atoms with Gasteiger partial charge >= 0.3 is 0 Å². The van der Waals surface area contributed by atoms with Gasteiger partial charge in [0.15, 0.2) is 0 Å². The van der Waals surface area contributed by atoms with Crippen LogP contribution >= 0.6 is 15.9 Å². The number of hydrogen-bond acceptors (Lipinski definition) is 1. The fourth-order valence-corrected chi connectivity index (χ4v) is 5.08. The average Bonchev–Trinajstić information content (AvgIpc) is 2.86. The Morgan fingerprint density at radius 1 is 1.20 bits per heavy atom. The molecule has 20 heavy (non-hydrogen) atoms. The van der Waals surface area contributed by atoms with Gasteiger partial charge < -0.3 is 5.32 Å². The minimum Gasteiger partial charge on any atom is -0.306 e. The first kappa shape index (κ1) is 14.6. The van der Waals surface area contributed by atoms with Crippen molar-refractivity contribution in [1.82, 2.24) is 5.32 Å². The monoisotopic (exact) mass is 335 g/mol. The van der Waals surface area contributed by atoms with Crippen LogP contribution in [0, 0.1) is 16.7 Å². The van der Waals surface area contributed by atoms with Crippen LogP contribution in [0.25, 0.3) is 0 Å². The Hall–Kier alpha value is -0.340. The van der Waals surface area contributed by atoms with Gasteiger partial charge in [-0.3, -0.25) is 0 Å². The van der Waals surface area contributed by atoms with Gasteiger partial charge in [0.25, 0.3) is 0 Å². The van der Waals surface area contributed by atoms with Crippen LogP contribution in [0.3, 0.4) is 0 Å². The second-order valence-electron chi connectivity index (χ2n) is 7.79. The summed E-state index contributed by atoms with van der Waals surface area (Å²) in [4.78, 5) is 0. The van der Waals surface area contributed by atoms with Crippen LogP contribution < -0.4 is 5.32 Å². The summed E-state index contributed by atoms with van der Waals surface area (Å²) in [6, 6.07) is 9.78. The maximum atomic E-state index is 3.96. The van der Waals surface area contributed by atoms with Crippen LogP contribution in [0.15, 0.2) is 28.7 Å². The first-order valence-corrected chi connectivity index (χ1v) is 8.64. The SMILES string of the molecule is CC(NC1C2(C)CCC(C2)C1(C)C)c1ccc(Br)cc1. The molecule has 4 unspecified atom stereocenters. The normalized spacial score (nSPS) is 36.2. The molecule has 1 nitrogen and oxygen atoms in total. The molecule has 0 saturated heterocycles. The maximum absolute atomic E-state index is 3.96. The van der Waals surface area contributed by atoms with E-state index < -0.39 is 0 Å². The van der Waals surface area contributed by atoms with E-state index in [1.54, 1.807) is 0 Å². The summed E-state index contributed by atoms with van der Waals surface area (Å²) < 4.78 is 1.15. The minimum atomic E-state index is 0.420. The highest BCUT2D eigenvalue weighted by Crippen LogP contribution is 2.62. The van der Waals surface area contributed by atoms with Crippen molar-refractivity contribution >= 4 is 15.9 Å². The van der Waals surface area contributed by atoms with E-state index >= 15 is 0 Å². The van der Waals surface area contributed by atoms with E-state index in [9.17, 15) is 0 Å². The molecule has 0 aliphatic heterocycles. The van der Waals surface area contributed by atoms with Crippen molar-refractivity contribution in [3.05, 3.63) is 34.3 Å². The summed E-state index contributed by atoms with van der Waals surface area (Å²) in [7, 11) is 0. The zero-order chi connectivity index (χ0) is 14.5. The molecule has 2 heteroatoms. The molecule has 3 rings (SSSR count). The number of hydrogen-bond donors (Lipinski definition) is 1. The summed E-state index contributed by atoms with van der Waals surface area (Å²) in [5, 5.41) is 3.96. The molecule has 4 atom stereocenters. The fraction of sp³-hybridized carbons (Fsp3) is 0.667. The van der Waals surface area contributed by atoms with Gasteiger partial charge in [-0.2, -0.15) is 0 Å². The predicted octanol–water partition coefficient (Wildman–Crippen LogP) is 5.31. The number of rotatable bonds is 3. The van der Waals surface area contributed by atoms with Crippen LogP contribution in [0.2, 0.25) is 0 Å². The number of halogens is 1. The van der Waals surface area contributed by atoms with Crippen LogP contribution in [0.1, 0.15) is 58.6 Å². The van der Waals surface area contributed by atoms with Crippen molar-refractivity contribution in [3.8, 4) is 0 Å². The predicted molar refractivity (Wildman–Crippen MR) is 88.7 cm³/mol. The first-order chi connectivity index (χ1) is 9.33. The van der Waals surface area contributed by atoms with Crippen molar-refractivity contribution in [2.45, 2.75) is 59.0 Å². The van der Waals surface area contributed by atoms with E-state index in [1.807, 2.05) is 0 Å². The van der Waals surface area contributed by atoms with E-state index in [0.717, 1.165) is 10.4 Å². The van der Waals surface area contributed by atoms with Crippen molar-refractivity contribution in [2.24, 2.45) is 16.7 Å². The van der Waals surface area contributed by atoms with Gasteiger partial charge in [0.05, 0.1) is 0 Å². The summed E-state index contributed by atoms with van der Waals surface area (Å²) in [6.07, 6.45) is 4.23. The Balaban J connectivity index is 1.78. The van der Waals surface area contributed by atoms with Gasteiger partial charge in [0, 0.05) is 16.6 Å². The number of fused-ring (bicyclic) bond motifs is 2. The standard InChI is InChI=1S/C18H26BrN/c1-12(13-5-7-15(19)8-6-13)20-16-17(2,3)14-9-10-18(16,4)11-14/h5-8,12,14,16,20H,9-11H2,1-4H3. The zero-order valence-electron chi connectivity index (χ0n) is 13.0. The quantitative estimate of drug-likeness (QED) is 0.788. The van der Waals surface area contributed by atoms with Gasteiger partial charge in [0.1, 0.15) is 0 Å². The van der Waals surface area contributed by atoms with Gasteiger partial charge in [-0.25, -0.2) is 0 Å². The third-order valence-electron chi connectivity index (χ3n) is 6.06. The smallest absolute Gasteiger partial charge is 0.0294 e. The number of benzene rings is 1. The molecule has 110 valence electrons. The highest BCUT2D eigenvalue weighted by atomic mass is 79.9. The van der Waals surface area contributed by atoms with Crippen LogP contribution in [0.4, 0.5) is 0 Å². The van der Waals surface area contributed by atoms with Crippen LogP contribution in [-0.4, -0.2) is 6.04 Å². The topological polar surface area (TPSA) is 12.0 Å². The van der Waals surface area contributed by atoms with E-state index in [0.29, 0.717) is 22.9 Å². The van der Waals surface area contributed by atoms with E-state index in [-0.39, 0.29) is 0 Å². The van der Waals surface area contributed by atoms with Crippen LogP contribution in [-0.2, 0) is 0 Å². The summed E-state index contributed by atoms with van der Waals surface area (Å²) in [5.74, 6) is 0.905. The molecular weight excluding hydrogens is 310 g/mol. The molecule has 0 heterocycles. The summed E-state index contributed by atoms with van der Waals surface area (Å²) >= 11 is 3.52. The van der Waals surface area contributed by atoms with E-state index in [4.69, 9.17) is 0 Å². The molecule has 1 N–H and O–H groups in total. The Morgan fingerprint density at radius 3 is 2.40 bits per heavy atom. The average molecular weight is 336 g/mol. The van der Waals surface area contributed by atoms with Gasteiger partial charge in [0.2, 0.25) is 0 Å². The molecule has 0 radical (unpaired) electrons. The van der Waals surface area contributed by atoms with E-state index in [2.05, 4.69) is 73.2 Å². The highest BCUT2D eigenvalue weighted by Gasteiger charge is 2.59. The first-order valence-electron chi connectivity index (χ1n) is 7.84. The second-order valence-corrected chi connectivity index (χ2v) is 8.70. The van der Waals surface area contributed by atoms with Crippen LogP contribution in [0.5, 0.6) is 0 Å². The Kier molecular flexibility index (Phi) is 3.53. The molecule has 2 saturated carbocycles. The maximum Gasteiger partial charge on any atom is 0.0294 e. The molecule has 2 fully saturated rings. The lowest BCUT2D eigenvalue weighted by molar-refractivity contribution is 0.100. The molecular formula is C18H26BrN. The Morgan fingerprint density at radius 2 is 1.85 bits per heavy atom. The van der Waals surface area contributed by atoms with Crippen molar-refractivity contribution in [3.63, 3.8) is 0 Å². The summed E-state index contributed by atoms with van der Waals surface area (Å²) in [5.41, 5.74) is 2.31. The number of nitrogens with one attached hydrogen (secondary N) is 1. The van der Waals surface area contributed by atoms with E-state index in [1.165, 1.54) is 24.8 Å². The van der Waals surface area contributed by atoms with Crippen molar-refractivity contribution in [2.75, 3.05) is 0 Å². The highest BCUT2D eigenvalue weighted by molar-refractivity contribution is 9.10.